The van der Waals surface area contributed by atoms with Crippen molar-refractivity contribution in [3.8, 4) is 0 Å². The van der Waals surface area contributed by atoms with Gasteiger partial charge in [-0.15, -0.1) is 0 Å². The van der Waals surface area contributed by atoms with Gasteiger partial charge in [-0.25, -0.2) is 9.97 Å². The third-order valence-corrected chi connectivity index (χ3v) is 4.70. The third kappa shape index (κ3) is 2.30. The summed E-state index contributed by atoms with van der Waals surface area (Å²) in [4.78, 5) is 20.9. The maximum absolute atomic E-state index is 11.3. The van der Waals surface area contributed by atoms with Crippen LogP contribution in [0.4, 0.5) is 17.3 Å². The SMILES string of the molecule is CC1(C)C[C@@H]2C[C@](C)(CN2c2ncnc(N)c2[N+](=O)[O-])C1. The van der Waals surface area contributed by atoms with Crippen molar-refractivity contribution < 1.29 is 4.92 Å². The Morgan fingerprint density at radius 1 is 1.38 bits per heavy atom. The van der Waals surface area contributed by atoms with Gasteiger partial charge in [0.05, 0.1) is 4.92 Å². The van der Waals surface area contributed by atoms with Gasteiger partial charge in [0.2, 0.25) is 11.6 Å². The number of fused-ring (bicyclic) bond motifs is 2. The van der Waals surface area contributed by atoms with Crippen molar-refractivity contribution in [2.24, 2.45) is 10.8 Å². The molecule has 2 fully saturated rings. The summed E-state index contributed by atoms with van der Waals surface area (Å²) in [5.41, 5.74) is 5.96. The normalized spacial score (nSPS) is 30.4. The van der Waals surface area contributed by atoms with Crippen molar-refractivity contribution in [2.45, 2.75) is 46.1 Å². The van der Waals surface area contributed by atoms with E-state index in [2.05, 4.69) is 35.6 Å². The van der Waals surface area contributed by atoms with Crippen LogP contribution < -0.4 is 10.6 Å². The van der Waals surface area contributed by atoms with E-state index in [0.717, 1.165) is 25.8 Å². The second-order valence-corrected chi connectivity index (χ2v) is 7.53. The highest BCUT2D eigenvalue weighted by Gasteiger charge is 2.51. The molecule has 0 amide bonds. The molecular formula is C14H21N5O2. The molecule has 1 saturated carbocycles. The Hall–Kier alpha value is -1.92. The summed E-state index contributed by atoms with van der Waals surface area (Å²) in [6.45, 7) is 7.59. The van der Waals surface area contributed by atoms with E-state index in [1.165, 1.54) is 6.33 Å². The van der Waals surface area contributed by atoms with Gasteiger partial charge >= 0.3 is 5.69 Å². The first-order valence-corrected chi connectivity index (χ1v) is 7.22. The average Bonchev–Trinajstić information content (AvgIpc) is 2.57. The van der Waals surface area contributed by atoms with Crippen LogP contribution in [0.15, 0.2) is 6.33 Å². The lowest BCUT2D eigenvalue weighted by molar-refractivity contribution is -0.383. The minimum absolute atomic E-state index is 0.0594. The zero-order valence-electron chi connectivity index (χ0n) is 12.7. The van der Waals surface area contributed by atoms with Gasteiger partial charge in [0, 0.05) is 12.6 Å². The fraction of sp³-hybridized carbons (Fsp3) is 0.714. The number of anilines is 2. The van der Waals surface area contributed by atoms with Crippen LogP contribution in [0, 0.1) is 20.9 Å². The molecule has 7 heteroatoms. The molecular weight excluding hydrogens is 270 g/mol. The number of hydrogen-bond donors (Lipinski definition) is 1. The van der Waals surface area contributed by atoms with Gasteiger partial charge in [-0.3, -0.25) is 10.1 Å². The summed E-state index contributed by atoms with van der Waals surface area (Å²) >= 11 is 0. The second kappa shape index (κ2) is 4.29. The van der Waals surface area contributed by atoms with Gasteiger partial charge in [0.25, 0.3) is 0 Å². The van der Waals surface area contributed by atoms with Gasteiger partial charge in [0.15, 0.2) is 0 Å². The van der Waals surface area contributed by atoms with Crippen molar-refractivity contribution in [1.29, 1.82) is 0 Å². The molecule has 0 unspecified atom stereocenters. The van der Waals surface area contributed by atoms with E-state index < -0.39 is 4.92 Å². The average molecular weight is 291 g/mol. The minimum atomic E-state index is -0.472. The van der Waals surface area contributed by atoms with Crippen LogP contribution in [0.5, 0.6) is 0 Å². The molecule has 1 aromatic rings. The van der Waals surface area contributed by atoms with Crippen LogP contribution in [-0.4, -0.2) is 27.5 Å². The van der Waals surface area contributed by atoms with E-state index in [9.17, 15) is 10.1 Å². The monoisotopic (exact) mass is 291 g/mol. The molecule has 114 valence electrons. The highest BCUT2D eigenvalue weighted by molar-refractivity contribution is 5.69. The fourth-order valence-corrected chi connectivity index (χ4v) is 4.48. The Morgan fingerprint density at radius 2 is 2.10 bits per heavy atom. The fourth-order valence-electron chi connectivity index (χ4n) is 4.48. The first-order valence-electron chi connectivity index (χ1n) is 7.22. The molecule has 21 heavy (non-hydrogen) atoms. The lowest BCUT2D eigenvalue weighted by atomic mass is 9.65. The number of rotatable bonds is 2. The molecule has 2 atom stereocenters. The molecule has 0 spiro atoms. The van der Waals surface area contributed by atoms with Crippen LogP contribution >= 0.6 is 0 Å². The van der Waals surface area contributed by atoms with E-state index in [-0.39, 0.29) is 28.4 Å². The largest absolute Gasteiger partial charge is 0.378 e. The Labute approximate surface area is 123 Å². The Balaban J connectivity index is 2.04. The topological polar surface area (TPSA) is 98.2 Å². The molecule has 0 aromatic carbocycles. The van der Waals surface area contributed by atoms with Crippen LogP contribution in [0.2, 0.25) is 0 Å². The molecule has 2 bridgehead atoms. The third-order valence-electron chi connectivity index (χ3n) is 4.70. The predicted octanol–water partition coefficient (Wildman–Crippen LogP) is 2.37. The lowest BCUT2D eigenvalue weighted by Gasteiger charge is -2.39. The Kier molecular flexibility index (Phi) is 2.86. The van der Waals surface area contributed by atoms with E-state index >= 15 is 0 Å². The molecule has 7 nitrogen and oxygen atoms in total. The second-order valence-electron chi connectivity index (χ2n) is 7.53. The van der Waals surface area contributed by atoms with Crippen molar-refractivity contribution in [3.05, 3.63) is 16.4 Å². The molecule has 1 aromatic heterocycles. The van der Waals surface area contributed by atoms with Gasteiger partial charge in [-0.05, 0) is 30.1 Å². The number of hydrogen-bond acceptors (Lipinski definition) is 6. The van der Waals surface area contributed by atoms with Crippen LogP contribution in [-0.2, 0) is 0 Å². The molecule has 3 rings (SSSR count). The maximum atomic E-state index is 11.3. The van der Waals surface area contributed by atoms with Gasteiger partial charge < -0.3 is 10.6 Å². The zero-order valence-corrected chi connectivity index (χ0v) is 12.7. The van der Waals surface area contributed by atoms with Crippen LogP contribution in [0.3, 0.4) is 0 Å². The highest BCUT2D eigenvalue weighted by atomic mass is 16.6. The Morgan fingerprint density at radius 3 is 2.76 bits per heavy atom. The number of aromatic nitrogens is 2. The van der Waals surface area contributed by atoms with Gasteiger partial charge in [-0.1, -0.05) is 20.8 Å². The van der Waals surface area contributed by atoms with Crippen LogP contribution in [0.1, 0.15) is 40.0 Å². The number of nitrogen functional groups attached to an aromatic ring is 1. The summed E-state index contributed by atoms with van der Waals surface area (Å²) in [5, 5.41) is 11.3. The summed E-state index contributed by atoms with van der Waals surface area (Å²) < 4.78 is 0. The van der Waals surface area contributed by atoms with E-state index in [1.807, 2.05) is 0 Å². The maximum Gasteiger partial charge on any atom is 0.353 e. The molecule has 1 aliphatic carbocycles. The van der Waals surface area contributed by atoms with E-state index in [0.29, 0.717) is 5.82 Å². The summed E-state index contributed by atoms with van der Waals surface area (Å²) in [5.74, 6) is 0.315. The minimum Gasteiger partial charge on any atom is -0.378 e. The molecule has 1 saturated heterocycles. The summed E-state index contributed by atoms with van der Waals surface area (Å²) in [6.07, 6.45) is 4.51. The first kappa shape index (κ1) is 14.0. The zero-order chi connectivity index (χ0) is 15.4. The molecule has 0 radical (unpaired) electrons. The number of nitrogens with two attached hydrogens (primary N) is 1. The summed E-state index contributed by atoms with van der Waals surface area (Å²) in [6, 6.07) is 0.284. The van der Waals surface area contributed by atoms with Crippen molar-refractivity contribution in [3.63, 3.8) is 0 Å². The quantitative estimate of drug-likeness (QED) is 0.663. The first-order chi connectivity index (χ1) is 9.71. The molecule has 2 heterocycles. The molecule has 1 aliphatic heterocycles. The number of nitrogens with zero attached hydrogens (tertiary/aromatic N) is 4. The van der Waals surface area contributed by atoms with Gasteiger partial charge in [-0.2, -0.15) is 0 Å². The molecule has 2 N–H and O–H groups in total. The number of nitro groups is 1. The standard InChI is InChI=1S/C14H21N5O2/c1-13(2)4-9-5-14(3,6-13)7-18(9)12-10(19(20)21)11(15)16-8-17-12/h8-9H,4-7H2,1-3H3,(H2,15,16,17)/t9-,14+/m1/s1. The summed E-state index contributed by atoms with van der Waals surface area (Å²) in [7, 11) is 0. The van der Waals surface area contributed by atoms with E-state index in [1.54, 1.807) is 0 Å². The van der Waals surface area contributed by atoms with Crippen molar-refractivity contribution in [1.82, 2.24) is 9.97 Å². The molecule has 2 aliphatic rings. The lowest BCUT2D eigenvalue weighted by Crippen LogP contribution is -2.35. The highest BCUT2D eigenvalue weighted by Crippen LogP contribution is 2.54. The predicted molar refractivity (Wildman–Crippen MR) is 80.0 cm³/mol. The Bertz CT molecular complexity index is 603. The van der Waals surface area contributed by atoms with Crippen molar-refractivity contribution in [2.75, 3.05) is 17.2 Å². The van der Waals surface area contributed by atoms with Crippen LogP contribution in [0.25, 0.3) is 0 Å². The van der Waals surface area contributed by atoms with E-state index in [4.69, 9.17) is 5.73 Å². The van der Waals surface area contributed by atoms with Crippen molar-refractivity contribution >= 4 is 17.3 Å². The smallest absolute Gasteiger partial charge is 0.353 e. The van der Waals surface area contributed by atoms with Gasteiger partial charge in [0.1, 0.15) is 6.33 Å².